The van der Waals surface area contributed by atoms with Gasteiger partial charge >= 0.3 is 0 Å². The fraction of sp³-hybridized carbons (Fsp3) is 0.895. The Bertz CT molecular complexity index is 454. The lowest BCUT2D eigenvalue weighted by molar-refractivity contribution is -0.127. The van der Waals surface area contributed by atoms with Gasteiger partial charge in [0, 0.05) is 33.3 Å². The maximum atomic E-state index is 11.9. The highest BCUT2D eigenvalue weighted by Crippen LogP contribution is 2.22. The maximum Gasteiger partial charge on any atom is 0.243 e. The zero-order valence-electron chi connectivity index (χ0n) is 16.8. The Morgan fingerprint density at radius 3 is 2.54 bits per heavy atom. The van der Waals surface area contributed by atoms with E-state index in [4.69, 9.17) is 9.47 Å². The lowest BCUT2D eigenvalue weighted by atomic mass is 9.93. The predicted molar refractivity (Wildman–Crippen MR) is 103 cm³/mol. The minimum atomic E-state index is -0.00254. The number of hydrogen-bond donors (Lipinski definition) is 2. The van der Waals surface area contributed by atoms with Gasteiger partial charge in [0.25, 0.3) is 0 Å². The second-order valence-electron chi connectivity index (χ2n) is 7.77. The molecule has 1 saturated heterocycles. The lowest BCUT2D eigenvalue weighted by Crippen LogP contribution is -2.47. The first-order valence-electron chi connectivity index (χ1n) is 9.96. The lowest BCUT2D eigenvalue weighted by Gasteiger charge is -2.31. The van der Waals surface area contributed by atoms with E-state index in [-0.39, 0.29) is 24.7 Å². The highest BCUT2D eigenvalue weighted by atomic mass is 16.5. The molecule has 1 amide bonds. The molecule has 1 saturated carbocycles. The van der Waals surface area contributed by atoms with Gasteiger partial charge in [-0.05, 0) is 52.4 Å². The van der Waals surface area contributed by atoms with Crippen LogP contribution in [0.1, 0.15) is 52.4 Å². The van der Waals surface area contributed by atoms with Crippen molar-refractivity contribution in [2.24, 2.45) is 4.99 Å². The number of nitrogens with zero attached hydrogens (tertiary/aromatic N) is 2. The van der Waals surface area contributed by atoms with Crippen LogP contribution in [0.5, 0.6) is 0 Å². The van der Waals surface area contributed by atoms with Crippen molar-refractivity contribution in [1.29, 1.82) is 0 Å². The summed E-state index contributed by atoms with van der Waals surface area (Å²) >= 11 is 0. The summed E-state index contributed by atoms with van der Waals surface area (Å²) in [6, 6.07) is 0.368. The van der Waals surface area contributed by atoms with Crippen molar-refractivity contribution in [2.75, 3.05) is 33.8 Å². The zero-order valence-corrected chi connectivity index (χ0v) is 16.8. The van der Waals surface area contributed by atoms with Crippen LogP contribution in [0.4, 0.5) is 0 Å². The molecule has 2 N–H and O–H groups in total. The third-order valence-electron chi connectivity index (χ3n) is 4.87. The van der Waals surface area contributed by atoms with Crippen molar-refractivity contribution in [1.82, 2.24) is 15.5 Å². The summed E-state index contributed by atoms with van der Waals surface area (Å²) in [6.07, 6.45) is 7.31. The van der Waals surface area contributed by atoms with E-state index in [9.17, 15) is 4.79 Å². The van der Waals surface area contributed by atoms with Crippen molar-refractivity contribution in [3.63, 3.8) is 0 Å². The molecule has 0 spiro atoms. The van der Waals surface area contributed by atoms with Crippen molar-refractivity contribution >= 4 is 11.9 Å². The van der Waals surface area contributed by atoms with Gasteiger partial charge in [-0.15, -0.1) is 0 Å². The molecule has 2 fully saturated rings. The summed E-state index contributed by atoms with van der Waals surface area (Å²) in [5, 5.41) is 6.86. The molecule has 0 bridgehead atoms. The van der Waals surface area contributed by atoms with E-state index in [1.165, 1.54) is 0 Å². The number of guanidine groups is 1. The molecule has 1 heterocycles. The highest BCUT2D eigenvalue weighted by Gasteiger charge is 2.23. The molecule has 2 rings (SSSR count). The summed E-state index contributed by atoms with van der Waals surface area (Å²) in [7, 11) is 3.50. The normalized spacial score (nSPS) is 26.8. The van der Waals surface area contributed by atoms with Crippen LogP contribution in [0.2, 0.25) is 0 Å². The SMILES string of the molecule is CC(C)OC1CCC(NC(=NCC(=O)N(C)C)NCC2CCCO2)CC1. The fourth-order valence-electron chi connectivity index (χ4n) is 3.38. The molecule has 7 nitrogen and oxygen atoms in total. The molecule has 1 atom stereocenters. The largest absolute Gasteiger partial charge is 0.376 e. The number of ether oxygens (including phenoxy) is 2. The van der Waals surface area contributed by atoms with E-state index in [0.717, 1.165) is 51.7 Å². The molecule has 0 aromatic heterocycles. The number of carbonyl (C=O) groups is 1. The van der Waals surface area contributed by atoms with Gasteiger partial charge in [-0.3, -0.25) is 4.79 Å². The van der Waals surface area contributed by atoms with Crippen LogP contribution in [0.3, 0.4) is 0 Å². The quantitative estimate of drug-likeness (QED) is 0.526. The monoisotopic (exact) mass is 368 g/mol. The van der Waals surface area contributed by atoms with Crippen LogP contribution in [-0.4, -0.2) is 74.9 Å². The minimum Gasteiger partial charge on any atom is -0.376 e. The Labute approximate surface area is 157 Å². The first-order chi connectivity index (χ1) is 12.4. The van der Waals surface area contributed by atoms with Crippen LogP contribution >= 0.6 is 0 Å². The van der Waals surface area contributed by atoms with Crippen LogP contribution in [0.15, 0.2) is 4.99 Å². The van der Waals surface area contributed by atoms with Crippen LogP contribution in [0, 0.1) is 0 Å². The molecule has 1 aliphatic heterocycles. The van der Waals surface area contributed by atoms with Gasteiger partial charge in [-0.2, -0.15) is 0 Å². The number of aliphatic imine (C=N–C) groups is 1. The molecule has 150 valence electrons. The molecule has 0 aromatic rings. The Kier molecular flexibility index (Phi) is 8.65. The van der Waals surface area contributed by atoms with E-state index in [2.05, 4.69) is 29.5 Å². The van der Waals surface area contributed by atoms with E-state index in [0.29, 0.717) is 18.1 Å². The minimum absolute atomic E-state index is 0.00254. The molecular formula is C19H36N4O3. The smallest absolute Gasteiger partial charge is 0.243 e. The maximum absolute atomic E-state index is 11.9. The summed E-state index contributed by atoms with van der Waals surface area (Å²) < 4.78 is 11.6. The Morgan fingerprint density at radius 1 is 1.23 bits per heavy atom. The molecule has 1 aliphatic carbocycles. The third kappa shape index (κ3) is 7.50. The average Bonchev–Trinajstić information content (AvgIpc) is 3.11. The van der Waals surface area contributed by atoms with Gasteiger partial charge in [0.1, 0.15) is 6.54 Å². The molecule has 0 radical (unpaired) electrons. The Morgan fingerprint density at radius 2 is 1.96 bits per heavy atom. The van der Waals surface area contributed by atoms with Gasteiger partial charge in [0.05, 0.1) is 18.3 Å². The zero-order chi connectivity index (χ0) is 18.9. The van der Waals surface area contributed by atoms with Gasteiger partial charge in [-0.25, -0.2) is 4.99 Å². The van der Waals surface area contributed by atoms with Crippen LogP contribution in [-0.2, 0) is 14.3 Å². The number of likely N-dealkylation sites (N-methyl/N-ethyl adjacent to an activating group) is 1. The van der Waals surface area contributed by atoms with Crippen molar-refractivity contribution < 1.29 is 14.3 Å². The van der Waals surface area contributed by atoms with Gasteiger partial charge in [0.2, 0.25) is 5.91 Å². The van der Waals surface area contributed by atoms with Gasteiger partial charge < -0.3 is 25.0 Å². The first kappa shape index (κ1) is 21.0. The predicted octanol–water partition coefficient (Wildman–Crippen LogP) is 1.53. The van der Waals surface area contributed by atoms with Crippen molar-refractivity contribution in [3.05, 3.63) is 0 Å². The van der Waals surface area contributed by atoms with E-state index >= 15 is 0 Å². The number of hydrogen-bond acceptors (Lipinski definition) is 4. The summed E-state index contributed by atoms with van der Waals surface area (Å²) in [5.41, 5.74) is 0. The number of nitrogens with one attached hydrogen (secondary N) is 2. The molecule has 26 heavy (non-hydrogen) atoms. The molecule has 7 heteroatoms. The van der Waals surface area contributed by atoms with Gasteiger partial charge in [0.15, 0.2) is 5.96 Å². The second kappa shape index (κ2) is 10.7. The van der Waals surface area contributed by atoms with Crippen LogP contribution < -0.4 is 10.6 Å². The number of rotatable bonds is 7. The topological polar surface area (TPSA) is 75.2 Å². The van der Waals surface area contributed by atoms with Gasteiger partial charge in [-0.1, -0.05) is 0 Å². The summed E-state index contributed by atoms with van der Waals surface area (Å²) in [5.74, 6) is 0.709. The third-order valence-corrected chi connectivity index (χ3v) is 4.87. The van der Waals surface area contributed by atoms with Crippen molar-refractivity contribution in [3.8, 4) is 0 Å². The molecule has 0 aromatic carbocycles. The standard InChI is InChI=1S/C19H36N4O3/c1-14(2)26-16-9-7-15(8-10-16)22-19(21-13-18(24)23(3)4)20-12-17-6-5-11-25-17/h14-17H,5-13H2,1-4H3,(H2,20,21,22). The molecule has 2 aliphatic rings. The first-order valence-corrected chi connectivity index (χ1v) is 9.96. The molecular weight excluding hydrogens is 332 g/mol. The van der Waals surface area contributed by atoms with Crippen molar-refractivity contribution in [2.45, 2.75) is 76.7 Å². The average molecular weight is 369 g/mol. The van der Waals surface area contributed by atoms with E-state index in [1.54, 1.807) is 19.0 Å². The summed E-state index contributed by atoms with van der Waals surface area (Å²) in [6.45, 7) is 5.90. The Hall–Kier alpha value is -1.34. The number of amides is 1. The second-order valence-corrected chi connectivity index (χ2v) is 7.77. The summed E-state index contributed by atoms with van der Waals surface area (Å²) in [4.78, 5) is 17.9. The highest BCUT2D eigenvalue weighted by molar-refractivity contribution is 5.84. The van der Waals surface area contributed by atoms with E-state index < -0.39 is 0 Å². The van der Waals surface area contributed by atoms with Crippen LogP contribution in [0.25, 0.3) is 0 Å². The Balaban J connectivity index is 1.84. The number of carbonyl (C=O) groups excluding carboxylic acids is 1. The van der Waals surface area contributed by atoms with E-state index in [1.807, 2.05) is 0 Å². The fourth-order valence-corrected chi connectivity index (χ4v) is 3.38. The molecule has 1 unspecified atom stereocenters.